The number of halogens is 1. The van der Waals surface area contributed by atoms with Gasteiger partial charge in [-0.3, -0.25) is 14.9 Å². The molecule has 1 atom stereocenters. The largest absolute Gasteiger partial charge is 0.482 e. The molecule has 0 fully saturated rings. The minimum atomic E-state index is -1.11. The van der Waals surface area contributed by atoms with E-state index < -0.39 is 22.9 Å². The fourth-order valence-corrected chi connectivity index (χ4v) is 2.32. The molecule has 0 bridgehead atoms. The number of hydrogen-bond donors (Lipinski definition) is 1. The Morgan fingerprint density at radius 1 is 1.26 bits per heavy atom. The quantitative estimate of drug-likeness (QED) is 0.439. The molecule has 0 aliphatic carbocycles. The number of nitrogens with zero attached hydrogens (tertiary/aromatic N) is 1. The van der Waals surface area contributed by atoms with Crippen molar-refractivity contribution in [2.24, 2.45) is 0 Å². The Morgan fingerprint density at radius 2 is 1.96 bits per heavy atom. The van der Waals surface area contributed by atoms with Crippen LogP contribution in [0.5, 0.6) is 5.75 Å². The van der Waals surface area contributed by atoms with Gasteiger partial charge < -0.3 is 14.8 Å². The summed E-state index contributed by atoms with van der Waals surface area (Å²) in [5, 5.41) is 13.1. The van der Waals surface area contributed by atoms with Crippen LogP contribution < -0.4 is 10.1 Å². The number of carbonyl (C=O) groups is 2. The highest BCUT2D eigenvalue weighted by Gasteiger charge is 2.20. The summed E-state index contributed by atoms with van der Waals surface area (Å²) in [6.45, 7) is 2.88. The van der Waals surface area contributed by atoms with Gasteiger partial charge in [-0.15, -0.1) is 0 Å². The molecule has 0 radical (unpaired) electrons. The molecule has 142 valence electrons. The van der Waals surface area contributed by atoms with Gasteiger partial charge in [0.2, 0.25) is 0 Å². The van der Waals surface area contributed by atoms with Gasteiger partial charge in [-0.2, -0.15) is 0 Å². The van der Waals surface area contributed by atoms with Crippen molar-refractivity contribution in [1.29, 1.82) is 0 Å². The number of rotatable bonds is 7. The minimum Gasteiger partial charge on any atom is -0.482 e. The van der Waals surface area contributed by atoms with Gasteiger partial charge in [0.25, 0.3) is 11.6 Å². The fourth-order valence-electron chi connectivity index (χ4n) is 2.09. The zero-order valence-electron chi connectivity index (χ0n) is 14.6. The lowest BCUT2D eigenvalue weighted by molar-refractivity contribution is -0.384. The van der Waals surface area contributed by atoms with Gasteiger partial charge in [0.05, 0.1) is 15.6 Å². The van der Waals surface area contributed by atoms with Gasteiger partial charge in [0, 0.05) is 12.1 Å². The van der Waals surface area contributed by atoms with Gasteiger partial charge in [-0.1, -0.05) is 29.8 Å². The second-order valence-corrected chi connectivity index (χ2v) is 6.00. The molecular weight excluding hydrogens is 376 g/mol. The van der Waals surface area contributed by atoms with Crippen LogP contribution in [0.25, 0.3) is 0 Å². The summed E-state index contributed by atoms with van der Waals surface area (Å²) in [7, 11) is 0. The summed E-state index contributed by atoms with van der Waals surface area (Å²) in [5.74, 6) is -0.796. The number of ether oxygens (including phenoxy) is 2. The van der Waals surface area contributed by atoms with E-state index in [9.17, 15) is 19.7 Å². The second kappa shape index (κ2) is 9.00. The molecule has 9 heteroatoms. The van der Waals surface area contributed by atoms with Crippen molar-refractivity contribution < 1.29 is 24.0 Å². The maximum Gasteiger partial charge on any atom is 0.344 e. The first-order valence-electron chi connectivity index (χ1n) is 7.90. The van der Waals surface area contributed by atoms with E-state index in [1.54, 1.807) is 12.1 Å². The number of esters is 1. The molecule has 8 nitrogen and oxygen atoms in total. The molecule has 1 unspecified atom stereocenters. The molecule has 2 rings (SSSR count). The van der Waals surface area contributed by atoms with E-state index in [0.717, 1.165) is 11.6 Å². The van der Waals surface area contributed by atoms with E-state index in [4.69, 9.17) is 21.1 Å². The van der Waals surface area contributed by atoms with Crippen molar-refractivity contribution in [2.75, 3.05) is 11.9 Å². The number of benzene rings is 2. The summed E-state index contributed by atoms with van der Waals surface area (Å²) in [4.78, 5) is 34.1. The highest BCUT2D eigenvalue weighted by Crippen LogP contribution is 2.26. The van der Waals surface area contributed by atoms with Crippen molar-refractivity contribution >= 4 is 34.9 Å². The van der Waals surface area contributed by atoms with Crippen LogP contribution in [0.1, 0.15) is 12.5 Å². The molecule has 1 amide bonds. The van der Waals surface area contributed by atoms with E-state index in [1.807, 2.05) is 19.1 Å². The maximum absolute atomic E-state index is 12.1. The van der Waals surface area contributed by atoms with Crippen molar-refractivity contribution in [2.45, 2.75) is 20.0 Å². The first kappa shape index (κ1) is 20.2. The highest BCUT2D eigenvalue weighted by molar-refractivity contribution is 6.34. The number of anilines is 1. The molecule has 2 aromatic rings. The molecule has 2 aromatic carbocycles. The Bertz CT molecular complexity index is 871. The van der Waals surface area contributed by atoms with E-state index in [1.165, 1.54) is 19.1 Å². The van der Waals surface area contributed by atoms with E-state index in [2.05, 4.69) is 5.32 Å². The Hall–Kier alpha value is -3.13. The number of nitrogens with one attached hydrogen (secondary N) is 1. The predicted octanol–water partition coefficient (Wildman–Crippen LogP) is 3.51. The molecule has 0 saturated carbocycles. The van der Waals surface area contributed by atoms with E-state index >= 15 is 0 Å². The van der Waals surface area contributed by atoms with E-state index in [-0.39, 0.29) is 23.0 Å². The van der Waals surface area contributed by atoms with Gasteiger partial charge in [-0.25, -0.2) is 4.79 Å². The van der Waals surface area contributed by atoms with Crippen LogP contribution in [0, 0.1) is 17.0 Å². The van der Waals surface area contributed by atoms with Crippen LogP contribution in [0.15, 0.2) is 42.5 Å². The highest BCUT2D eigenvalue weighted by atomic mass is 35.5. The van der Waals surface area contributed by atoms with E-state index in [0.29, 0.717) is 5.75 Å². The number of hydrogen-bond acceptors (Lipinski definition) is 6. The van der Waals surface area contributed by atoms with Crippen molar-refractivity contribution in [3.8, 4) is 5.75 Å². The van der Waals surface area contributed by atoms with Crippen LogP contribution in [0.4, 0.5) is 11.4 Å². The second-order valence-electron chi connectivity index (χ2n) is 5.60. The molecule has 27 heavy (non-hydrogen) atoms. The Morgan fingerprint density at radius 3 is 2.59 bits per heavy atom. The van der Waals surface area contributed by atoms with Gasteiger partial charge in [0.15, 0.2) is 12.7 Å². The third-order valence-corrected chi connectivity index (χ3v) is 3.85. The molecule has 0 aliphatic heterocycles. The van der Waals surface area contributed by atoms with Crippen molar-refractivity contribution in [1.82, 2.24) is 0 Å². The number of para-hydroxylation sites is 1. The minimum absolute atomic E-state index is 0.000960. The number of carbonyl (C=O) groups excluding carboxylic acids is 2. The zero-order valence-corrected chi connectivity index (χ0v) is 15.4. The Labute approximate surface area is 160 Å². The molecular formula is C18H17ClN2O6. The predicted molar refractivity (Wildman–Crippen MR) is 99.0 cm³/mol. The number of nitro benzene ring substituents is 1. The standard InChI is InChI=1S/C18H17ClN2O6/c1-11-5-3-4-6-16(11)26-10-17(22)27-12(2)18(23)20-15-8-7-13(21(24)25)9-14(15)19/h3-9,12H,10H2,1-2H3,(H,20,23). The molecule has 0 aliphatic rings. The fraction of sp³-hybridized carbons (Fsp3) is 0.222. The number of aryl methyl sites for hydroxylation is 1. The summed E-state index contributed by atoms with van der Waals surface area (Å²) in [6, 6.07) is 10.8. The molecule has 0 saturated heterocycles. The topological polar surface area (TPSA) is 108 Å². The summed E-state index contributed by atoms with van der Waals surface area (Å²) in [6.07, 6.45) is -1.11. The molecule has 0 spiro atoms. The number of non-ortho nitro benzene ring substituents is 1. The van der Waals surface area contributed by atoms with Crippen LogP contribution in [0.3, 0.4) is 0 Å². The summed E-state index contributed by atoms with van der Waals surface area (Å²) >= 11 is 5.91. The lowest BCUT2D eigenvalue weighted by Gasteiger charge is -2.15. The summed E-state index contributed by atoms with van der Waals surface area (Å²) < 4.78 is 10.4. The van der Waals surface area contributed by atoms with Crippen LogP contribution in [0.2, 0.25) is 5.02 Å². The first-order chi connectivity index (χ1) is 12.8. The lowest BCUT2D eigenvalue weighted by atomic mass is 10.2. The third-order valence-electron chi connectivity index (χ3n) is 3.54. The van der Waals surface area contributed by atoms with Gasteiger partial charge >= 0.3 is 5.97 Å². The molecule has 1 N–H and O–H groups in total. The van der Waals surface area contributed by atoms with Crippen LogP contribution in [-0.2, 0) is 14.3 Å². The smallest absolute Gasteiger partial charge is 0.344 e. The molecule has 0 aromatic heterocycles. The number of amides is 1. The van der Waals surface area contributed by atoms with Gasteiger partial charge in [0.1, 0.15) is 5.75 Å². The summed E-state index contributed by atoms with van der Waals surface area (Å²) in [5.41, 5.74) is 0.834. The van der Waals surface area contributed by atoms with Crippen molar-refractivity contribution in [3.05, 3.63) is 63.2 Å². The van der Waals surface area contributed by atoms with Crippen LogP contribution >= 0.6 is 11.6 Å². The number of nitro groups is 1. The SMILES string of the molecule is Cc1ccccc1OCC(=O)OC(C)C(=O)Nc1ccc([N+](=O)[O-])cc1Cl. The average molecular weight is 393 g/mol. The zero-order chi connectivity index (χ0) is 20.0. The van der Waals surface area contributed by atoms with Crippen molar-refractivity contribution in [3.63, 3.8) is 0 Å². The van der Waals surface area contributed by atoms with Crippen LogP contribution in [-0.4, -0.2) is 29.5 Å². The Balaban J connectivity index is 1.88. The third kappa shape index (κ3) is 5.68. The Kier molecular flexibility index (Phi) is 6.73. The average Bonchev–Trinajstić information content (AvgIpc) is 2.62. The lowest BCUT2D eigenvalue weighted by Crippen LogP contribution is -2.31. The normalized spacial score (nSPS) is 11.4. The van der Waals surface area contributed by atoms with Gasteiger partial charge in [-0.05, 0) is 31.5 Å². The first-order valence-corrected chi connectivity index (χ1v) is 8.28. The monoisotopic (exact) mass is 392 g/mol. The molecule has 0 heterocycles. The maximum atomic E-state index is 12.1.